The molecule has 0 spiro atoms. The van der Waals surface area contributed by atoms with Gasteiger partial charge in [0, 0.05) is 17.7 Å². The van der Waals surface area contributed by atoms with E-state index in [2.05, 4.69) is 9.99 Å². The molecule has 0 atom stereocenters. The Kier molecular flexibility index (Phi) is 3.50. The van der Waals surface area contributed by atoms with Crippen molar-refractivity contribution < 1.29 is 14.6 Å². The van der Waals surface area contributed by atoms with E-state index in [9.17, 15) is 14.9 Å². The van der Waals surface area contributed by atoms with Gasteiger partial charge in [-0.15, -0.1) is 0 Å². The first-order valence-electron chi connectivity index (χ1n) is 4.00. The summed E-state index contributed by atoms with van der Waals surface area (Å²) in [5.74, 6) is -0.444. The average Bonchev–Trinajstić information content (AvgIpc) is 2.26. The maximum atomic E-state index is 11.3. The fourth-order valence-electron chi connectivity index (χ4n) is 0.948. The molecule has 0 aliphatic carbocycles. The smallest absolute Gasteiger partial charge is 0.270 e. The summed E-state index contributed by atoms with van der Waals surface area (Å²) in [5, 5.41) is 13.7. The topological polar surface area (TPSA) is 81.8 Å². The summed E-state index contributed by atoms with van der Waals surface area (Å²) in [6.07, 6.45) is 0.957. The normalized spacial score (nSPS) is 10.2. The second kappa shape index (κ2) is 4.85. The second-order valence-corrected chi connectivity index (χ2v) is 2.59. The van der Waals surface area contributed by atoms with Crippen LogP contribution in [0.25, 0.3) is 0 Å². The predicted molar refractivity (Wildman–Crippen MR) is 52.9 cm³/mol. The van der Waals surface area contributed by atoms with E-state index in [4.69, 9.17) is 0 Å². The van der Waals surface area contributed by atoms with Crippen LogP contribution in [0.5, 0.6) is 0 Å². The van der Waals surface area contributed by atoms with Crippen LogP contribution in [0.1, 0.15) is 10.4 Å². The number of carbonyl (C=O) groups excluding carboxylic acids is 1. The molecule has 78 valence electrons. The lowest BCUT2D eigenvalue weighted by Gasteiger charge is -1.95. The number of oxime groups is 1. The summed E-state index contributed by atoms with van der Waals surface area (Å²) in [7, 11) is 1.30. The number of hydrogen-bond donors (Lipinski definition) is 0. The molecule has 0 aliphatic rings. The molecule has 0 unspecified atom stereocenters. The molecule has 0 N–H and O–H groups in total. The minimum absolute atomic E-state index is 0.133. The third-order valence-electron chi connectivity index (χ3n) is 1.62. The molecule has 15 heavy (non-hydrogen) atoms. The predicted octanol–water partition coefficient (Wildman–Crippen LogP) is 1.41. The fourth-order valence-corrected chi connectivity index (χ4v) is 0.948. The summed E-state index contributed by atoms with van der Waals surface area (Å²) in [4.78, 5) is 25.5. The number of carbonyl (C=O) groups is 1. The summed E-state index contributed by atoms with van der Waals surface area (Å²) in [5.41, 5.74) is 0.0664. The number of nitro groups is 1. The molecule has 1 aromatic carbocycles. The summed E-state index contributed by atoms with van der Waals surface area (Å²) in [6, 6.07) is 5.40. The van der Waals surface area contributed by atoms with E-state index in [1.165, 1.54) is 31.4 Å². The van der Waals surface area contributed by atoms with E-state index in [1.54, 1.807) is 0 Å². The van der Waals surface area contributed by atoms with Gasteiger partial charge in [-0.05, 0) is 0 Å². The van der Waals surface area contributed by atoms with Crippen LogP contribution in [0, 0.1) is 10.1 Å². The maximum Gasteiger partial charge on any atom is 0.270 e. The van der Waals surface area contributed by atoms with Crippen LogP contribution < -0.4 is 0 Å². The van der Waals surface area contributed by atoms with Crippen LogP contribution in [-0.4, -0.2) is 24.0 Å². The highest BCUT2D eigenvalue weighted by atomic mass is 16.6. The van der Waals surface area contributed by atoms with Gasteiger partial charge in [-0.2, -0.15) is 0 Å². The molecule has 1 rings (SSSR count). The molecule has 0 saturated carbocycles. The van der Waals surface area contributed by atoms with Gasteiger partial charge in [0.15, 0.2) is 0 Å². The largest absolute Gasteiger partial charge is 0.399 e. The van der Waals surface area contributed by atoms with E-state index in [0.717, 1.165) is 6.21 Å². The summed E-state index contributed by atoms with van der Waals surface area (Å²) in [6.45, 7) is 0. The van der Waals surface area contributed by atoms with Gasteiger partial charge in [-0.25, -0.2) is 0 Å². The number of nitrogens with zero attached hydrogens (tertiary/aromatic N) is 2. The third kappa shape index (κ3) is 2.87. The Morgan fingerprint density at radius 3 is 2.93 bits per heavy atom. The molecule has 0 aromatic heterocycles. The summed E-state index contributed by atoms with van der Waals surface area (Å²) >= 11 is 0. The van der Waals surface area contributed by atoms with E-state index >= 15 is 0 Å². The first kappa shape index (κ1) is 10.8. The Morgan fingerprint density at radius 1 is 1.60 bits per heavy atom. The van der Waals surface area contributed by atoms with Crippen molar-refractivity contribution in [3.8, 4) is 0 Å². The molecular weight excluding hydrogens is 200 g/mol. The monoisotopic (exact) mass is 208 g/mol. The highest BCUT2D eigenvalue weighted by molar-refractivity contribution is 6.35. The van der Waals surface area contributed by atoms with E-state index in [1.807, 2.05) is 0 Å². The van der Waals surface area contributed by atoms with Crippen molar-refractivity contribution >= 4 is 17.7 Å². The van der Waals surface area contributed by atoms with Crippen molar-refractivity contribution in [2.45, 2.75) is 0 Å². The zero-order valence-electron chi connectivity index (χ0n) is 7.91. The van der Waals surface area contributed by atoms with Crippen LogP contribution in [-0.2, 0) is 4.84 Å². The number of non-ortho nitro benzene ring substituents is 1. The molecule has 0 aliphatic heterocycles. The molecule has 6 nitrogen and oxygen atoms in total. The van der Waals surface area contributed by atoms with E-state index < -0.39 is 10.7 Å². The number of ketones is 1. The van der Waals surface area contributed by atoms with Crippen molar-refractivity contribution in [2.75, 3.05) is 7.11 Å². The van der Waals surface area contributed by atoms with Gasteiger partial charge in [0.2, 0.25) is 5.78 Å². The molecule has 0 heterocycles. The van der Waals surface area contributed by atoms with Crippen molar-refractivity contribution in [1.29, 1.82) is 0 Å². The molecule has 6 heteroatoms. The first-order valence-corrected chi connectivity index (χ1v) is 4.00. The Hall–Kier alpha value is -2.24. The lowest BCUT2D eigenvalue weighted by atomic mass is 10.1. The van der Waals surface area contributed by atoms with Crippen LogP contribution in [0.3, 0.4) is 0 Å². The molecule has 0 saturated heterocycles. The van der Waals surface area contributed by atoms with Crippen molar-refractivity contribution in [3.63, 3.8) is 0 Å². The van der Waals surface area contributed by atoms with Crippen LogP contribution in [0.4, 0.5) is 5.69 Å². The third-order valence-corrected chi connectivity index (χ3v) is 1.62. The highest BCUT2D eigenvalue weighted by Gasteiger charge is 2.09. The van der Waals surface area contributed by atoms with Crippen LogP contribution in [0.15, 0.2) is 29.4 Å². The number of benzene rings is 1. The molecule has 0 radical (unpaired) electrons. The maximum absolute atomic E-state index is 11.3. The average molecular weight is 208 g/mol. The summed E-state index contributed by atoms with van der Waals surface area (Å²) < 4.78 is 0. The molecular formula is C9H8N2O4. The minimum atomic E-state index is -0.565. The lowest BCUT2D eigenvalue weighted by Crippen LogP contribution is -2.01. The SMILES string of the molecule is CON=CC(=O)c1cccc([N+](=O)[O-])c1. The Morgan fingerprint density at radius 2 is 2.33 bits per heavy atom. The van der Waals surface area contributed by atoms with Gasteiger partial charge in [0.05, 0.1) is 4.92 Å². The zero-order chi connectivity index (χ0) is 11.3. The second-order valence-electron chi connectivity index (χ2n) is 2.59. The Bertz CT molecular complexity index is 414. The quantitative estimate of drug-likeness (QED) is 0.324. The highest BCUT2D eigenvalue weighted by Crippen LogP contribution is 2.12. The van der Waals surface area contributed by atoms with Crippen molar-refractivity contribution in [3.05, 3.63) is 39.9 Å². The Labute approximate surface area is 85.3 Å². The Balaban J connectivity index is 2.95. The van der Waals surface area contributed by atoms with Gasteiger partial charge >= 0.3 is 0 Å². The van der Waals surface area contributed by atoms with E-state index in [-0.39, 0.29) is 11.3 Å². The van der Waals surface area contributed by atoms with Crippen LogP contribution in [0.2, 0.25) is 0 Å². The molecule has 0 fully saturated rings. The van der Waals surface area contributed by atoms with Crippen LogP contribution >= 0.6 is 0 Å². The van der Waals surface area contributed by atoms with Gasteiger partial charge in [-0.3, -0.25) is 14.9 Å². The first-order chi connectivity index (χ1) is 7.15. The van der Waals surface area contributed by atoms with E-state index in [0.29, 0.717) is 0 Å². The number of rotatable bonds is 4. The van der Waals surface area contributed by atoms with Gasteiger partial charge in [0.25, 0.3) is 5.69 Å². The number of Topliss-reactive ketones (excluding diaryl/α,β-unsaturated/α-hetero) is 1. The lowest BCUT2D eigenvalue weighted by molar-refractivity contribution is -0.384. The molecule has 0 amide bonds. The molecule has 0 bridgehead atoms. The minimum Gasteiger partial charge on any atom is -0.399 e. The number of nitro benzene ring substituents is 1. The fraction of sp³-hybridized carbons (Fsp3) is 0.111. The zero-order valence-corrected chi connectivity index (χ0v) is 7.91. The number of hydrogen-bond acceptors (Lipinski definition) is 5. The standard InChI is InChI=1S/C9H8N2O4/c1-15-10-6-9(12)7-3-2-4-8(5-7)11(13)14/h2-6H,1H3. The van der Waals surface area contributed by atoms with Gasteiger partial charge in [0.1, 0.15) is 13.3 Å². The molecule has 1 aromatic rings. The van der Waals surface area contributed by atoms with Crippen molar-refractivity contribution in [2.24, 2.45) is 5.16 Å². The van der Waals surface area contributed by atoms with Gasteiger partial charge < -0.3 is 4.84 Å². The van der Waals surface area contributed by atoms with Gasteiger partial charge in [-0.1, -0.05) is 17.3 Å². The van der Waals surface area contributed by atoms with Crippen molar-refractivity contribution in [1.82, 2.24) is 0 Å².